The minimum absolute atomic E-state index is 0.0361. The summed E-state index contributed by atoms with van der Waals surface area (Å²) in [6.45, 7) is 0.263. The van der Waals surface area contributed by atoms with Gasteiger partial charge in [-0.3, -0.25) is 14.2 Å². The van der Waals surface area contributed by atoms with E-state index in [0.29, 0.717) is 32.5 Å². The molecule has 0 aliphatic carbocycles. The predicted octanol–water partition coefficient (Wildman–Crippen LogP) is 3.45. The van der Waals surface area contributed by atoms with Crippen LogP contribution in [0.2, 0.25) is 10.0 Å². The van der Waals surface area contributed by atoms with E-state index in [0.717, 1.165) is 11.8 Å². The molecule has 2 amide bonds. The second-order valence-corrected chi connectivity index (χ2v) is 7.34. The van der Waals surface area contributed by atoms with E-state index in [-0.39, 0.29) is 24.6 Å². The van der Waals surface area contributed by atoms with Crippen molar-refractivity contribution in [1.29, 1.82) is 0 Å². The Morgan fingerprint density at radius 2 is 1.93 bits per heavy atom. The van der Waals surface area contributed by atoms with Crippen LogP contribution in [0.5, 0.6) is 0 Å². The van der Waals surface area contributed by atoms with E-state index in [2.05, 4.69) is 15.5 Å². The molecule has 0 radical (unpaired) electrons. The molecule has 2 aromatic heterocycles. The van der Waals surface area contributed by atoms with Crippen LogP contribution in [0.15, 0.2) is 46.2 Å². The highest BCUT2D eigenvalue weighted by atomic mass is 35.5. The fourth-order valence-electron chi connectivity index (χ4n) is 2.33. The van der Waals surface area contributed by atoms with Crippen LogP contribution in [0.1, 0.15) is 6.42 Å². The Kier molecular flexibility index (Phi) is 6.61. The molecule has 0 spiro atoms. The number of thioether (sulfide) groups is 1. The fourth-order valence-corrected chi connectivity index (χ4v) is 3.59. The van der Waals surface area contributed by atoms with Gasteiger partial charge in [-0.15, -0.1) is 10.2 Å². The van der Waals surface area contributed by atoms with Crippen molar-refractivity contribution in [2.24, 2.45) is 5.73 Å². The molecule has 0 aliphatic rings. The van der Waals surface area contributed by atoms with E-state index in [1.807, 2.05) is 0 Å². The number of carbonyl (C=O) groups excluding carboxylic acids is 2. The molecule has 3 rings (SSSR count). The van der Waals surface area contributed by atoms with E-state index in [4.69, 9.17) is 33.4 Å². The lowest BCUT2D eigenvalue weighted by Crippen LogP contribution is -2.17. The third-order valence-corrected chi connectivity index (χ3v) is 5.20. The monoisotopic (exact) mass is 439 g/mol. The van der Waals surface area contributed by atoms with Gasteiger partial charge in [-0.2, -0.15) is 0 Å². The van der Waals surface area contributed by atoms with Crippen molar-refractivity contribution < 1.29 is 14.0 Å². The molecule has 11 heteroatoms. The zero-order valence-corrected chi connectivity index (χ0v) is 16.7. The maximum absolute atomic E-state index is 12.3. The van der Waals surface area contributed by atoms with Crippen LogP contribution in [-0.4, -0.2) is 32.3 Å². The first-order chi connectivity index (χ1) is 13.5. The number of primary amides is 1. The largest absolute Gasteiger partial charge is 0.461 e. The van der Waals surface area contributed by atoms with Gasteiger partial charge in [-0.05, 0) is 24.3 Å². The highest BCUT2D eigenvalue weighted by Gasteiger charge is 2.18. The van der Waals surface area contributed by atoms with Crippen molar-refractivity contribution in [1.82, 2.24) is 14.8 Å². The third kappa shape index (κ3) is 4.86. The zero-order valence-electron chi connectivity index (χ0n) is 14.4. The van der Waals surface area contributed by atoms with Gasteiger partial charge in [0.15, 0.2) is 16.7 Å². The van der Waals surface area contributed by atoms with Gasteiger partial charge in [0, 0.05) is 13.0 Å². The highest BCUT2D eigenvalue weighted by molar-refractivity contribution is 7.99. The van der Waals surface area contributed by atoms with Gasteiger partial charge in [-0.1, -0.05) is 41.0 Å². The number of para-hydroxylation sites is 1. The van der Waals surface area contributed by atoms with Crippen LogP contribution < -0.4 is 11.1 Å². The minimum atomic E-state index is -0.457. The number of hydrogen-bond acceptors (Lipinski definition) is 6. The summed E-state index contributed by atoms with van der Waals surface area (Å²) >= 11 is 13.3. The molecule has 28 heavy (non-hydrogen) atoms. The van der Waals surface area contributed by atoms with Crippen LogP contribution in [0, 0.1) is 0 Å². The Hall–Kier alpha value is -2.49. The Bertz CT molecular complexity index is 971. The molecular weight excluding hydrogens is 425 g/mol. The maximum atomic E-state index is 12.3. The minimum Gasteiger partial charge on any atom is -0.461 e. The van der Waals surface area contributed by atoms with Crippen LogP contribution in [-0.2, 0) is 16.1 Å². The molecule has 2 heterocycles. The number of furan rings is 1. The van der Waals surface area contributed by atoms with E-state index in [9.17, 15) is 9.59 Å². The topological polar surface area (TPSA) is 116 Å². The average molecular weight is 440 g/mol. The summed E-state index contributed by atoms with van der Waals surface area (Å²) in [4.78, 5) is 23.5. The second kappa shape index (κ2) is 9.13. The summed E-state index contributed by atoms with van der Waals surface area (Å²) in [7, 11) is 0. The molecule has 3 aromatic rings. The number of rotatable bonds is 8. The van der Waals surface area contributed by atoms with Gasteiger partial charge in [0.25, 0.3) is 0 Å². The van der Waals surface area contributed by atoms with Crippen molar-refractivity contribution in [2.45, 2.75) is 18.1 Å². The third-order valence-electron chi connectivity index (χ3n) is 3.60. The first-order valence-electron chi connectivity index (χ1n) is 8.07. The van der Waals surface area contributed by atoms with E-state index in [1.54, 1.807) is 34.9 Å². The summed E-state index contributed by atoms with van der Waals surface area (Å²) in [6, 6.07) is 8.40. The summed E-state index contributed by atoms with van der Waals surface area (Å²) in [6.07, 6.45) is 1.61. The zero-order chi connectivity index (χ0) is 20.1. The number of carbonyl (C=O) groups is 2. The second-order valence-electron chi connectivity index (χ2n) is 5.58. The lowest BCUT2D eigenvalue weighted by molar-refractivity contribution is -0.118. The van der Waals surface area contributed by atoms with E-state index >= 15 is 0 Å². The smallest absolute Gasteiger partial charge is 0.234 e. The molecule has 0 fully saturated rings. The SMILES string of the molecule is NC(=O)CCn1c(SCC(=O)Nc2c(Cl)cccc2Cl)nnc1-c1ccco1. The molecule has 0 unspecified atom stereocenters. The van der Waals surface area contributed by atoms with Gasteiger partial charge in [0.2, 0.25) is 11.8 Å². The Morgan fingerprint density at radius 1 is 1.18 bits per heavy atom. The highest BCUT2D eigenvalue weighted by Crippen LogP contribution is 2.30. The molecule has 0 atom stereocenters. The van der Waals surface area contributed by atoms with Crippen molar-refractivity contribution >= 4 is 52.5 Å². The molecule has 0 bridgehead atoms. The number of nitrogens with two attached hydrogens (primary N) is 1. The quantitative estimate of drug-likeness (QED) is 0.519. The maximum Gasteiger partial charge on any atom is 0.234 e. The lowest BCUT2D eigenvalue weighted by Gasteiger charge is -2.10. The van der Waals surface area contributed by atoms with Crippen molar-refractivity contribution in [3.63, 3.8) is 0 Å². The number of hydrogen-bond donors (Lipinski definition) is 2. The summed E-state index contributed by atoms with van der Waals surface area (Å²) in [5, 5.41) is 12.0. The van der Waals surface area contributed by atoms with E-state index in [1.165, 1.54) is 6.26 Å². The number of halogens is 2. The molecule has 3 N–H and O–H groups in total. The van der Waals surface area contributed by atoms with Gasteiger partial charge in [0.1, 0.15) is 0 Å². The van der Waals surface area contributed by atoms with Gasteiger partial charge in [0.05, 0.1) is 27.7 Å². The molecule has 0 saturated carbocycles. The number of nitrogens with zero attached hydrogens (tertiary/aromatic N) is 3. The summed E-state index contributed by atoms with van der Waals surface area (Å²) < 4.78 is 7.04. The molecular formula is C17H15Cl2N5O3S. The number of anilines is 1. The Morgan fingerprint density at radius 3 is 2.57 bits per heavy atom. The van der Waals surface area contributed by atoms with E-state index < -0.39 is 5.91 Å². The number of aromatic nitrogens is 3. The van der Waals surface area contributed by atoms with Gasteiger partial charge >= 0.3 is 0 Å². The average Bonchev–Trinajstić information content (AvgIpc) is 3.30. The first kappa shape index (κ1) is 20.2. The number of nitrogens with one attached hydrogen (secondary N) is 1. The first-order valence-corrected chi connectivity index (χ1v) is 9.82. The van der Waals surface area contributed by atoms with Crippen LogP contribution in [0.25, 0.3) is 11.6 Å². The normalized spacial score (nSPS) is 10.8. The standard InChI is InChI=1S/C17H15Cl2N5O3S/c18-10-3-1-4-11(19)15(10)21-14(26)9-28-17-23-22-16(12-5-2-8-27-12)24(17)7-6-13(20)25/h1-5,8H,6-7,9H2,(H2,20,25)(H,21,26). The predicted molar refractivity (Wildman–Crippen MR) is 107 cm³/mol. The van der Waals surface area contributed by atoms with Crippen molar-refractivity contribution in [3.8, 4) is 11.6 Å². The lowest BCUT2D eigenvalue weighted by atomic mass is 10.3. The Balaban J connectivity index is 1.73. The van der Waals surface area contributed by atoms with Gasteiger partial charge in [-0.25, -0.2) is 0 Å². The van der Waals surface area contributed by atoms with Crippen LogP contribution >= 0.6 is 35.0 Å². The van der Waals surface area contributed by atoms with Crippen LogP contribution in [0.3, 0.4) is 0 Å². The number of benzene rings is 1. The molecule has 1 aromatic carbocycles. The summed E-state index contributed by atoms with van der Waals surface area (Å²) in [5.41, 5.74) is 5.60. The Labute approximate surface area is 174 Å². The molecule has 8 nitrogen and oxygen atoms in total. The molecule has 0 aliphatic heterocycles. The van der Waals surface area contributed by atoms with Crippen LogP contribution in [0.4, 0.5) is 5.69 Å². The molecule has 146 valence electrons. The van der Waals surface area contributed by atoms with Crippen molar-refractivity contribution in [3.05, 3.63) is 46.6 Å². The fraction of sp³-hybridized carbons (Fsp3) is 0.176. The number of amides is 2. The molecule has 0 saturated heterocycles. The van der Waals surface area contributed by atoms with Gasteiger partial charge < -0.3 is 15.5 Å². The van der Waals surface area contributed by atoms with Crippen molar-refractivity contribution in [2.75, 3.05) is 11.1 Å². The summed E-state index contributed by atoms with van der Waals surface area (Å²) in [5.74, 6) is 0.207.